The van der Waals surface area contributed by atoms with Crippen LogP contribution in [0.25, 0.3) is 0 Å². The Hall–Kier alpha value is -0.120. The number of nitrogens with two attached hydrogens (primary N) is 1. The summed E-state index contributed by atoms with van der Waals surface area (Å²) in [5, 5.41) is 9.51. The molecule has 3 unspecified atom stereocenters. The smallest absolute Gasteiger partial charge is 0.0811 e. The number of hydrogen-bond acceptors (Lipinski definition) is 3. The minimum Gasteiger partial charge on any atom is -0.391 e. The van der Waals surface area contributed by atoms with Crippen LogP contribution in [0, 0.1) is 5.92 Å². The van der Waals surface area contributed by atoms with Crippen LogP contribution in [0.1, 0.15) is 52.9 Å². The second-order valence-electron chi connectivity index (χ2n) is 5.42. The molecule has 96 valence electrons. The first-order valence-electron chi connectivity index (χ1n) is 6.55. The van der Waals surface area contributed by atoms with Crippen molar-refractivity contribution in [2.24, 2.45) is 11.7 Å². The van der Waals surface area contributed by atoms with Gasteiger partial charge in [-0.15, -0.1) is 0 Å². The van der Waals surface area contributed by atoms with Gasteiger partial charge in [0.05, 0.1) is 17.8 Å². The van der Waals surface area contributed by atoms with Crippen molar-refractivity contribution in [1.29, 1.82) is 0 Å². The quantitative estimate of drug-likeness (QED) is 0.759. The van der Waals surface area contributed by atoms with Gasteiger partial charge in [-0.2, -0.15) is 0 Å². The maximum atomic E-state index is 9.51. The molecule has 1 rings (SSSR count). The van der Waals surface area contributed by atoms with Gasteiger partial charge in [0.25, 0.3) is 0 Å². The molecule has 1 aliphatic carbocycles. The highest BCUT2D eigenvalue weighted by Crippen LogP contribution is 2.35. The Morgan fingerprint density at radius 3 is 2.31 bits per heavy atom. The van der Waals surface area contributed by atoms with E-state index in [1.807, 2.05) is 6.92 Å². The summed E-state index contributed by atoms with van der Waals surface area (Å²) in [4.78, 5) is 0. The molecule has 0 spiro atoms. The average Bonchev–Trinajstić information content (AvgIpc) is 2.29. The van der Waals surface area contributed by atoms with Crippen LogP contribution in [0.3, 0.4) is 0 Å². The van der Waals surface area contributed by atoms with Crippen LogP contribution in [-0.4, -0.2) is 29.5 Å². The van der Waals surface area contributed by atoms with Crippen molar-refractivity contribution < 1.29 is 9.84 Å². The normalized spacial score (nSPS) is 26.1. The molecule has 3 nitrogen and oxygen atoms in total. The van der Waals surface area contributed by atoms with Gasteiger partial charge in [0, 0.05) is 6.54 Å². The van der Waals surface area contributed by atoms with Crippen molar-refractivity contribution in [2.75, 3.05) is 6.54 Å². The van der Waals surface area contributed by atoms with Crippen molar-refractivity contribution in [2.45, 2.75) is 70.7 Å². The summed E-state index contributed by atoms with van der Waals surface area (Å²) in [7, 11) is 0. The molecule has 0 bridgehead atoms. The van der Waals surface area contributed by atoms with Crippen molar-refractivity contribution in [3.8, 4) is 0 Å². The molecule has 3 atom stereocenters. The summed E-state index contributed by atoms with van der Waals surface area (Å²) < 4.78 is 6.01. The Balaban J connectivity index is 2.60. The Morgan fingerprint density at radius 1 is 1.31 bits per heavy atom. The predicted molar refractivity (Wildman–Crippen MR) is 66.3 cm³/mol. The Morgan fingerprint density at radius 2 is 1.88 bits per heavy atom. The lowest BCUT2D eigenvalue weighted by atomic mass is 9.77. The minimum atomic E-state index is -0.436. The number of aliphatic hydroxyl groups is 1. The average molecular weight is 229 g/mol. The van der Waals surface area contributed by atoms with Gasteiger partial charge < -0.3 is 15.6 Å². The van der Waals surface area contributed by atoms with E-state index in [4.69, 9.17) is 10.5 Å². The molecule has 3 heteroatoms. The number of ether oxygens (including phenoxy) is 1. The molecule has 16 heavy (non-hydrogen) atoms. The number of aliphatic hydroxyl groups excluding tert-OH is 1. The maximum Gasteiger partial charge on any atom is 0.0811 e. The summed E-state index contributed by atoms with van der Waals surface area (Å²) in [5.74, 6) is 0.549. The Kier molecular flexibility index (Phi) is 5.22. The summed E-state index contributed by atoms with van der Waals surface area (Å²) in [6, 6.07) is 0. The summed E-state index contributed by atoms with van der Waals surface area (Å²) in [6.07, 6.45) is 5.74. The molecule has 3 N–H and O–H groups in total. The van der Waals surface area contributed by atoms with E-state index in [9.17, 15) is 5.11 Å². The van der Waals surface area contributed by atoms with Crippen LogP contribution in [0.5, 0.6) is 0 Å². The van der Waals surface area contributed by atoms with Gasteiger partial charge in [0.2, 0.25) is 0 Å². The van der Waals surface area contributed by atoms with Gasteiger partial charge in [-0.1, -0.05) is 19.3 Å². The molecule has 0 amide bonds. The van der Waals surface area contributed by atoms with Crippen molar-refractivity contribution in [3.05, 3.63) is 0 Å². The topological polar surface area (TPSA) is 55.5 Å². The lowest BCUT2D eigenvalue weighted by Gasteiger charge is -2.41. The molecule has 0 heterocycles. The van der Waals surface area contributed by atoms with Crippen LogP contribution in [0.2, 0.25) is 0 Å². The van der Waals surface area contributed by atoms with Crippen LogP contribution in [0.15, 0.2) is 0 Å². The lowest BCUT2D eigenvalue weighted by Crippen LogP contribution is -2.49. The third-order valence-corrected chi connectivity index (χ3v) is 4.01. The summed E-state index contributed by atoms with van der Waals surface area (Å²) >= 11 is 0. The van der Waals surface area contributed by atoms with Gasteiger partial charge >= 0.3 is 0 Å². The van der Waals surface area contributed by atoms with Crippen molar-refractivity contribution in [1.82, 2.24) is 0 Å². The molecule has 1 fully saturated rings. The van der Waals surface area contributed by atoms with Gasteiger partial charge in [-0.3, -0.25) is 0 Å². The molecule has 1 aliphatic rings. The molecule has 0 aromatic heterocycles. The van der Waals surface area contributed by atoms with Crippen LogP contribution < -0.4 is 5.73 Å². The second kappa shape index (κ2) is 5.99. The minimum absolute atomic E-state index is 0.143. The zero-order chi connectivity index (χ0) is 12.2. The zero-order valence-corrected chi connectivity index (χ0v) is 10.9. The molecule has 0 aromatic rings. The van der Waals surface area contributed by atoms with Crippen molar-refractivity contribution >= 4 is 0 Å². The first kappa shape index (κ1) is 13.9. The molecular formula is C13H27NO2. The third-order valence-electron chi connectivity index (χ3n) is 4.01. The molecule has 1 saturated carbocycles. The van der Waals surface area contributed by atoms with E-state index in [1.54, 1.807) is 6.92 Å². The van der Waals surface area contributed by atoms with Crippen LogP contribution in [0.4, 0.5) is 0 Å². The van der Waals surface area contributed by atoms with Crippen LogP contribution in [-0.2, 0) is 4.74 Å². The largest absolute Gasteiger partial charge is 0.391 e. The zero-order valence-electron chi connectivity index (χ0n) is 10.9. The summed E-state index contributed by atoms with van der Waals surface area (Å²) in [5.41, 5.74) is 5.61. The second-order valence-corrected chi connectivity index (χ2v) is 5.42. The monoisotopic (exact) mass is 229 g/mol. The van der Waals surface area contributed by atoms with E-state index in [2.05, 4.69) is 6.92 Å². The number of hydrogen-bond donors (Lipinski definition) is 2. The highest BCUT2D eigenvalue weighted by atomic mass is 16.5. The first-order valence-corrected chi connectivity index (χ1v) is 6.55. The maximum absolute atomic E-state index is 9.51. The molecular weight excluding hydrogens is 202 g/mol. The molecule has 0 saturated heterocycles. The van der Waals surface area contributed by atoms with E-state index >= 15 is 0 Å². The van der Waals surface area contributed by atoms with E-state index < -0.39 is 6.10 Å². The van der Waals surface area contributed by atoms with Gasteiger partial charge in [-0.05, 0) is 39.5 Å². The molecule has 0 aromatic carbocycles. The lowest BCUT2D eigenvalue weighted by molar-refractivity contribution is -0.142. The molecule has 0 aliphatic heterocycles. The SMILES string of the molecule is CC(O)C(C)OC(C)(CN)C1CCCCC1. The van der Waals surface area contributed by atoms with E-state index in [0.29, 0.717) is 12.5 Å². The van der Waals surface area contributed by atoms with E-state index in [-0.39, 0.29) is 11.7 Å². The number of rotatable bonds is 5. The Labute approximate surface area is 99.4 Å². The van der Waals surface area contributed by atoms with Gasteiger partial charge in [0.15, 0.2) is 0 Å². The fourth-order valence-electron chi connectivity index (χ4n) is 2.55. The fourth-order valence-corrected chi connectivity index (χ4v) is 2.55. The predicted octanol–water partition coefficient (Wildman–Crippen LogP) is 2.07. The Bertz CT molecular complexity index is 202. The van der Waals surface area contributed by atoms with Crippen LogP contribution >= 0.6 is 0 Å². The summed E-state index contributed by atoms with van der Waals surface area (Å²) in [6.45, 7) is 6.32. The molecule has 0 radical (unpaired) electrons. The first-order chi connectivity index (χ1) is 7.49. The van der Waals surface area contributed by atoms with Gasteiger partial charge in [0.1, 0.15) is 0 Å². The standard InChI is InChI=1S/C13H27NO2/c1-10(15)11(2)16-13(3,9-14)12-7-5-4-6-8-12/h10-12,15H,4-9,14H2,1-3H3. The van der Waals surface area contributed by atoms with E-state index in [0.717, 1.165) is 0 Å². The fraction of sp³-hybridized carbons (Fsp3) is 1.00. The highest BCUT2D eigenvalue weighted by Gasteiger charge is 2.36. The van der Waals surface area contributed by atoms with Crippen molar-refractivity contribution in [3.63, 3.8) is 0 Å². The van der Waals surface area contributed by atoms with Gasteiger partial charge in [-0.25, -0.2) is 0 Å². The third kappa shape index (κ3) is 3.44. The van der Waals surface area contributed by atoms with E-state index in [1.165, 1.54) is 32.1 Å². The highest BCUT2D eigenvalue weighted by molar-refractivity contribution is 4.88.